The Morgan fingerprint density at radius 2 is 0.483 bits per heavy atom. The molecule has 8 aromatic carbocycles. The Morgan fingerprint density at radius 3 is 0.733 bits per heavy atom. The molecule has 0 fully saturated rings. The predicted octanol–water partition coefficient (Wildman–Crippen LogP) is 5.48. The van der Waals surface area contributed by atoms with Crippen molar-refractivity contribution in [1.29, 1.82) is 0 Å². The van der Waals surface area contributed by atoms with Crippen LogP contribution in [0.15, 0.2) is 243 Å². The van der Waals surface area contributed by atoms with Crippen molar-refractivity contribution >= 4 is 75.7 Å². The van der Waals surface area contributed by atoms with Gasteiger partial charge in [0.15, 0.2) is 0 Å². The third-order valence-corrected chi connectivity index (χ3v) is 27.0. The molecule has 0 aliphatic carbocycles. The Bertz CT molecular complexity index is 2360. The Balaban J connectivity index is 1.51. The molecule has 0 bridgehead atoms. The second-order valence-electron chi connectivity index (χ2n) is 14.9. The van der Waals surface area contributed by atoms with E-state index in [1.54, 1.807) is 0 Å². The molecule has 1 N–H and O–H groups in total. The molecular formula is C51H48O5Si4. The maximum Gasteiger partial charge on any atom is 0.398 e. The Labute approximate surface area is 358 Å². The van der Waals surface area contributed by atoms with Gasteiger partial charge in [-0.2, -0.15) is 0 Å². The molecule has 0 saturated carbocycles. The molecule has 0 radical (unpaired) electrons. The fraction of sp³-hybridized carbons (Fsp3) is 0.0588. The number of benzene rings is 8. The second kappa shape index (κ2) is 18.4. The maximum absolute atomic E-state index is 13.7. The van der Waals surface area contributed by atoms with E-state index in [0.717, 1.165) is 31.1 Å². The zero-order valence-electron chi connectivity index (χ0n) is 33.8. The van der Waals surface area contributed by atoms with Gasteiger partial charge in [-0.15, -0.1) is 0 Å². The lowest BCUT2D eigenvalue weighted by Crippen LogP contribution is -2.82. The van der Waals surface area contributed by atoms with Gasteiger partial charge in [0.1, 0.15) is 0 Å². The molecule has 60 heavy (non-hydrogen) atoms. The number of rotatable bonds is 16. The summed E-state index contributed by atoms with van der Waals surface area (Å²) >= 11 is 0. The summed E-state index contributed by atoms with van der Waals surface area (Å²) < 4.78 is 32.1. The zero-order chi connectivity index (χ0) is 41.3. The van der Waals surface area contributed by atoms with Crippen LogP contribution < -0.4 is 41.5 Å². The van der Waals surface area contributed by atoms with Crippen LogP contribution in [-0.2, 0) is 16.8 Å². The fourth-order valence-electron chi connectivity index (χ4n) is 7.79. The van der Waals surface area contributed by atoms with E-state index >= 15 is 0 Å². The van der Waals surface area contributed by atoms with Crippen molar-refractivity contribution in [2.45, 2.75) is 20.0 Å². The zero-order valence-corrected chi connectivity index (χ0v) is 37.8. The van der Waals surface area contributed by atoms with Crippen LogP contribution in [0.5, 0.6) is 0 Å². The van der Waals surface area contributed by atoms with Crippen LogP contribution in [0.3, 0.4) is 0 Å². The lowest BCUT2D eigenvalue weighted by Gasteiger charge is -2.48. The average molecular weight is 853 g/mol. The van der Waals surface area contributed by atoms with Gasteiger partial charge in [0.2, 0.25) is 0 Å². The molecule has 298 valence electrons. The molecule has 0 spiro atoms. The monoisotopic (exact) mass is 852 g/mol. The van der Waals surface area contributed by atoms with E-state index in [4.69, 9.17) is 16.8 Å². The SMILES string of the molecule is CC(C)O[Si](O[Si](O[Si](O[Si](O)(c1ccccc1)c1ccccc1)(c1ccccc1)c1ccccc1)(c1ccccc1)c1ccccc1)(c1ccccc1)c1ccccc1. The summed E-state index contributed by atoms with van der Waals surface area (Å²) in [7, 11) is -16.2. The smallest absolute Gasteiger partial charge is 0.398 e. The minimum atomic E-state index is -4.18. The highest BCUT2D eigenvalue weighted by molar-refractivity contribution is 7.12. The van der Waals surface area contributed by atoms with Gasteiger partial charge >= 0.3 is 34.2 Å². The Hall–Kier alpha value is -5.57. The third kappa shape index (κ3) is 8.28. The van der Waals surface area contributed by atoms with Crippen LogP contribution in [0.1, 0.15) is 13.8 Å². The van der Waals surface area contributed by atoms with Crippen molar-refractivity contribution in [2.75, 3.05) is 0 Å². The standard InChI is InChI=1S/C51H48O5Si4/c1-43(2)53-58(46-31-15-5-16-32-46,47-33-17-6-18-34-47)55-60(50-39-23-9-24-40-50,51-41-25-10-26-42-51)56-59(48-35-19-7-20-36-48,49-37-21-8-22-38-49)54-57(52,44-27-11-3-12-28-44)45-29-13-4-14-30-45/h3-43,52H,1-2H3. The van der Waals surface area contributed by atoms with Gasteiger partial charge in [0.05, 0.1) is 0 Å². The van der Waals surface area contributed by atoms with Crippen LogP contribution in [0.4, 0.5) is 0 Å². The fourth-order valence-corrected chi connectivity index (χ4v) is 27.0. The summed E-state index contributed by atoms with van der Waals surface area (Å²) in [6.45, 7) is 4.13. The lowest BCUT2D eigenvalue weighted by molar-refractivity contribution is 0.189. The van der Waals surface area contributed by atoms with Crippen molar-refractivity contribution in [3.8, 4) is 0 Å². The van der Waals surface area contributed by atoms with Crippen molar-refractivity contribution < 1.29 is 21.6 Å². The van der Waals surface area contributed by atoms with Crippen molar-refractivity contribution in [3.05, 3.63) is 243 Å². The van der Waals surface area contributed by atoms with E-state index in [-0.39, 0.29) is 6.10 Å². The van der Waals surface area contributed by atoms with E-state index in [1.165, 1.54) is 0 Å². The van der Waals surface area contributed by atoms with E-state index in [2.05, 4.69) is 86.6 Å². The summed E-state index contributed by atoms with van der Waals surface area (Å²) in [5, 5.41) is 6.73. The molecule has 0 aliphatic heterocycles. The minimum absolute atomic E-state index is 0.217. The molecule has 0 unspecified atom stereocenters. The van der Waals surface area contributed by atoms with Crippen LogP contribution in [0.25, 0.3) is 0 Å². The molecule has 0 saturated heterocycles. The van der Waals surface area contributed by atoms with Crippen LogP contribution >= 0.6 is 0 Å². The number of hydrogen-bond acceptors (Lipinski definition) is 5. The maximum atomic E-state index is 13.7. The van der Waals surface area contributed by atoms with Gasteiger partial charge in [-0.05, 0) is 55.3 Å². The molecule has 0 amide bonds. The molecule has 0 aliphatic rings. The van der Waals surface area contributed by atoms with Crippen molar-refractivity contribution in [2.24, 2.45) is 0 Å². The first kappa shape index (κ1) is 41.2. The summed E-state index contributed by atoms with van der Waals surface area (Å²) in [6.07, 6.45) is -0.217. The highest BCUT2D eigenvalue weighted by atomic mass is 28.5. The minimum Gasteiger partial charge on any atom is -0.404 e. The highest BCUT2D eigenvalue weighted by Crippen LogP contribution is 2.27. The first-order valence-electron chi connectivity index (χ1n) is 20.3. The van der Waals surface area contributed by atoms with E-state index < -0.39 is 34.2 Å². The summed E-state index contributed by atoms with van der Waals surface area (Å²) in [5.74, 6) is 0. The molecule has 8 rings (SSSR count). The molecule has 0 heterocycles. The normalized spacial score (nSPS) is 12.3. The van der Waals surface area contributed by atoms with E-state index in [0.29, 0.717) is 10.4 Å². The molecule has 0 atom stereocenters. The van der Waals surface area contributed by atoms with Crippen molar-refractivity contribution in [1.82, 2.24) is 0 Å². The second-order valence-corrected chi connectivity index (χ2v) is 27.2. The summed E-state index contributed by atoms with van der Waals surface area (Å²) in [5.41, 5.74) is 0. The molecule has 5 nitrogen and oxygen atoms in total. The van der Waals surface area contributed by atoms with Crippen LogP contribution in [0.2, 0.25) is 0 Å². The Morgan fingerprint density at radius 1 is 0.283 bits per heavy atom. The Kier molecular flexibility index (Phi) is 12.6. The first-order valence-corrected chi connectivity index (χ1v) is 27.6. The first-order chi connectivity index (χ1) is 29.4. The third-order valence-electron chi connectivity index (χ3n) is 10.5. The largest absolute Gasteiger partial charge is 0.404 e. The highest BCUT2D eigenvalue weighted by Gasteiger charge is 2.62. The lowest BCUT2D eigenvalue weighted by atomic mass is 10.4. The van der Waals surface area contributed by atoms with Crippen molar-refractivity contribution in [3.63, 3.8) is 0 Å². The van der Waals surface area contributed by atoms with Crippen LogP contribution in [0, 0.1) is 0 Å². The summed E-state index contributed by atoms with van der Waals surface area (Å²) in [6, 6.07) is 81.2. The number of hydrogen-bond donors (Lipinski definition) is 1. The average Bonchev–Trinajstić information content (AvgIpc) is 3.33. The van der Waals surface area contributed by atoms with Gasteiger partial charge in [0, 0.05) is 6.10 Å². The molecule has 8 aromatic rings. The van der Waals surface area contributed by atoms with Gasteiger partial charge in [0.25, 0.3) is 0 Å². The molecular weight excluding hydrogens is 805 g/mol. The topological polar surface area (TPSA) is 57.2 Å². The van der Waals surface area contributed by atoms with Gasteiger partial charge in [-0.1, -0.05) is 243 Å². The predicted molar refractivity (Wildman–Crippen MR) is 253 cm³/mol. The molecule has 9 heteroatoms. The van der Waals surface area contributed by atoms with Gasteiger partial charge < -0.3 is 21.6 Å². The molecule has 0 aromatic heterocycles. The summed E-state index contributed by atoms with van der Waals surface area (Å²) in [4.78, 5) is 13.7. The van der Waals surface area contributed by atoms with Crippen LogP contribution in [-0.4, -0.2) is 45.1 Å². The quantitative estimate of drug-likeness (QED) is 0.131. The van der Waals surface area contributed by atoms with Gasteiger partial charge in [-0.3, -0.25) is 0 Å². The van der Waals surface area contributed by atoms with Gasteiger partial charge in [-0.25, -0.2) is 0 Å². The van der Waals surface area contributed by atoms with E-state index in [1.807, 2.05) is 170 Å². The van der Waals surface area contributed by atoms with E-state index in [9.17, 15) is 4.80 Å².